The summed E-state index contributed by atoms with van der Waals surface area (Å²) in [7, 11) is -3.96. The molecule has 1 aromatic carbocycles. The number of benzene rings is 1. The maximum absolute atomic E-state index is 12.8. The van der Waals surface area contributed by atoms with Crippen molar-refractivity contribution in [1.29, 1.82) is 0 Å². The van der Waals surface area contributed by atoms with Crippen molar-refractivity contribution in [1.82, 2.24) is 4.90 Å². The van der Waals surface area contributed by atoms with Gasteiger partial charge in [0.25, 0.3) is 10.0 Å². The van der Waals surface area contributed by atoms with Crippen molar-refractivity contribution >= 4 is 32.9 Å². The third-order valence-corrected chi connectivity index (χ3v) is 4.84. The molecule has 1 aliphatic heterocycles. The molecule has 8 heteroatoms. The molecule has 0 atom stereocenters. The molecule has 1 aliphatic rings. The third kappa shape index (κ3) is 3.07. The first-order valence-corrected chi connectivity index (χ1v) is 8.01. The van der Waals surface area contributed by atoms with Crippen LogP contribution in [0, 0.1) is 5.82 Å². The van der Waals surface area contributed by atoms with Gasteiger partial charge in [0.2, 0.25) is 5.91 Å². The SMILES string of the molecule is C=CCN1C(=O)CSC1=NS(=O)(=O)c1ccc(F)cc1. The molecule has 5 nitrogen and oxygen atoms in total. The molecule has 0 unspecified atom stereocenters. The zero-order valence-electron chi connectivity index (χ0n) is 10.3. The zero-order valence-corrected chi connectivity index (χ0v) is 12.0. The Kier molecular flexibility index (Phi) is 4.24. The Morgan fingerprint density at radius 2 is 2.05 bits per heavy atom. The first-order chi connectivity index (χ1) is 9.44. The van der Waals surface area contributed by atoms with E-state index in [1.54, 1.807) is 0 Å². The largest absolute Gasteiger partial charge is 0.286 e. The lowest BCUT2D eigenvalue weighted by molar-refractivity contribution is -0.123. The summed E-state index contributed by atoms with van der Waals surface area (Å²) in [6, 6.07) is 4.35. The molecule has 0 aromatic heterocycles. The lowest BCUT2D eigenvalue weighted by Crippen LogP contribution is -2.30. The van der Waals surface area contributed by atoms with Crippen molar-refractivity contribution in [3.8, 4) is 0 Å². The van der Waals surface area contributed by atoms with E-state index in [1.807, 2.05) is 0 Å². The van der Waals surface area contributed by atoms with E-state index in [2.05, 4.69) is 11.0 Å². The number of hydrogen-bond acceptors (Lipinski definition) is 4. The van der Waals surface area contributed by atoms with E-state index in [1.165, 1.54) is 11.0 Å². The van der Waals surface area contributed by atoms with Gasteiger partial charge in [-0.3, -0.25) is 9.69 Å². The van der Waals surface area contributed by atoms with Crippen molar-refractivity contribution < 1.29 is 17.6 Å². The highest BCUT2D eigenvalue weighted by atomic mass is 32.2. The molecule has 0 radical (unpaired) electrons. The Bertz CT molecular complexity index is 668. The smallest absolute Gasteiger partial charge is 0.284 e. The second kappa shape index (κ2) is 5.76. The van der Waals surface area contributed by atoms with Crippen molar-refractivity contribution in [2.75, 3.05) is 12.3 Å². The van der Waals surface area contributed by atoms with E-state index in [9.17, 15) is 17.6 Å². The number of hydrogen-bond donors (Lipinski definition) is 0. The molecular weight excluding hydrogens is 303 g/mol. The monoisotopic (exact) mass is 314 g/mol. The van der Waals surface area contributed by atoms with Gasteiger partial charge in [-0.1, -0.05) is 17.8 Å². The van der Waals surface area contributed by atoms with Crippen LogP contribution in [0.2, 0.25) is 0 Å². The highest BCUT2D eigenvalue weighted by molar-refractivity contribution is 8.15. The normalized spacial score (nSPS) is 17.8. The fourth-order valence-corrected chi connectivity index (χ4v) is 3.67. The summed E-state index contributed by atoms with van der Waals surface area (Å²) < 4.78 is 40.6. The minimum Gasteiger partial charge on any atom is -0.286 e. The molecule has 1 aromatic rings. The number of thioether (sulfide) groups is 1. The molecule has 106 valence electrons. The van der Waals surface area contributed by atoms with Crippen LogP contribution >= 0.6 is 11.8 Å². The van der Waals surface area contributed by atoms with Gasteiger partial charge in [0, 0.05) is 6.54 Å². The second-order valence-corrected chi connectivity index (χ2v) is 6.43. The Morgan fingerprint density at radius 1 is 1.40 bits per heavy atom. The first-order valence-electron chi connectivity index (χ1n) is 5.58. The van der Waals surface area contributed by atoms with Crippen molar-refractivity contribution in [3.05, 3.63) is 42.7 Å². The number of carbonyl (C=O) groups is 1. The maximum Gasteiger partial charge on any atom is 0.284 e. The summed E-state index contributed by atoms with van der Waals surface area (Å²) in [6.45, 7) is 3.71. The number of nitrogens with zero attached hydrogens (tertiary/aromatic N) is 2. The van der Waals surface area contributed by atoms with Gasteiger partial charge in [-0.25, -0.2) is 4.39 Å². The average molecular weight is 314 g/mol. The van der Waals surface area contributed by atoms with Crippen LogP contribution in [-0.2, 0) is 14.8 Å². The van der Waals surface area contributed by atoms with Crippen LogP contribution in [0.4, 0.5) is 4.39 Å². The highest BCUT2D eigenvalue weighted by Crippen LogP contribution is 2.22. The van der Waals surface area contributed by atoms with E-state index < -0.39 is 15.8 Å². The van der Waals surface area contributed by atoms with E-state index in [-0.39, 0.29) is 28.3 Å². The van der Waals surface area contributed by atoms with Crippen molar-refractivity contribution in [2.24, 2.45) is 4.40 Å². The third-order valence-electron chi connectivity index (χ3n) is 2.48. The average Bonchev–Trinajstić information content (AvgIpc) is 2.72. The molecule has 1 saturated heterocycles. The minimum absolute atomic E-state index is 0.110. The number of carbonyl (C=O) groups excluding carboxylic acids is 1. The van der Waals surface area contributed by atoms with Gasteiger partial charge in [-0.2, -0.15) is 8.42 Å². The van der Waals surface area contributed by atoms with Crippen LogP contribution in [0.25, 0.3) is 0 Å². The number of rotatable bonds is 4. The summed E-state index contributed by atoms with van der Waals surface area (Å²) in [5, 5.41) is 0.110. The zero-order chi connectivity index (χ0) is 14.8. The number of sulfonamides is 1. The Balaban J connectivity index is 2.35. The topological polar surface area (TPSA) is 66.8 Å². The van der Waals surface area contributed by atoms with Gasteiger partial charge >= 0.3 is 0 Å². The molecule has 20 heavy (non-hydrogen) atoms. The van der Waals surface area contributed by atoms with Gasteiger partial charge in [0.15, 0.2) is 5.17 Å². The van der Waals surface area contributed by atoms with Gasteiger partial charge in [0.05, 0.1) is 10.6 Å². The lowest BCUT2D eigenvalue weighted by atomic mass is 10.4. The predicted molar refractivity (Wildman–Crippen MR) is 75.4 cm³/mol. The van der Waals surface area contributed by atoms with Gasteiger partial charge < -0.3 is 0 Å². The van der Waals surface area contributed by atoms with Crippen LogP contribution in [0.5, 0.6) is 0 Å². The standard InChI is InChI=1S/C12H11FN2O3S2/c1-2-7-15-11(16)8-19-12(15)14-20(17,18)10-5-3-9(13)4-6-10/h2-6H,1,7-8H2. The molecule has 1 heterocycles. The molecule has 0 bridgehead atoms. The van der Waals surface area contributed by atoms with Crippen molar-refractivity contribution in [2.45, 2.75) is 4.90 Å². The quantitative estimate of drug-likeness (QED) is 0.792. The highest BCUT2D eigenvalue weighted by Gasteiger charge is 2.29. The number of halogens is 1. The van der Waals surface area contributed by atoms with Gasteiger partial charge in [-0.05, 0) is 24.3 Å². The Labute approximate surface area is 120 Å². The summed E-state index contributed by atoms with van der Waals surface area (Å²) in [5.41, 5.74) is 0. The molecule has 2 rings (SSSR count). The molecule has 1 amide bonds. The van der Waals surface area contributed by atoms with Crippen LogP contribution < -0.4 is 0 Å². The Morgan fingerprint density at radius 3 is 2.65 bits per heavy atom. The Hall–Kier alpha value is -1.67. The molecular formula is C12H11FN2O3S2. The fourth-order valence-electron chi connectivity index (χ4n) is 1.54. The van der Waals surface area contributed by atoms with Crippen LogP contribution in [-0.4, -0.2) is 36.7 Å². The summed E-state index contributed by atoms with van der Waals surface area (Å²) in [5.74, 6) is -0.607. The second-order valence-electron chi connectivity index (χ2n) is 3.88. The maximum atomic E-state index is 12.8. The van der Waals surface area contributed by atoms with Crippen LogP contribution in [0.15, 0.2) is 46.2 Å². The summed E-state index contributed by atoms with van der Waals surface area (Å²) >= 11 is 1.05. The first kappa shape index (κ1) is 14.7. The van der Waals surface area contributed by atoms with E-state index in [0.29, 0.717) is 0 Å². The van der Waals surface area contributed by atoms with Gasteiger partial charge in [-0.15, -0.1) is 11.0 Å². The lowest BCUT2D eigenvalue weighted by Gasteiger charge is -2.12. The van der Waals surface area contributed by atoms with E-state index >= 15 is 0 Å². The summed E-state index contributed by atoms with van der Waals surface area (Å²) in [4.78, 5) is 12.7. The molecule has 0 aliphatic carbocycles. The summed E-state index contributed by atoms with van der Waals surface area (Å²) in [6.07, 6.45) is 1.49. The minimum atomic E-state index is -3.96. The van der Waals surface area contributed by atoms with E-state index in [4.69, 9.17) is 0 Å². The number of amidine groups is 1. The molecule has 0 saturated carbocycles. The number of amides is 1. The van der Waals surface area contributed by atoms with Crippen LogP contribution in [0.1, 0.15) is 0 Å². The molecule has 1 fully saturated rings. The van der Waals surface area contributed by atoms with Gasteiger partial charge in [0.1, 0.15) is 5.82 Å². The van der Waals surface area contributed by atoms with E-state index in [0.717, 1.165) is 36.0 Å². The molecule has 0 spiro atoms. The van der Waals surface area contributed by atoms with Crippen molar-refractivity contribution in [3.63, 3.8) is 0 Å². The molecule has 0 N–H and O–H groups in total. The van der Waals surface area contributed by atoms with Crippen LogP contribution in [0.3, 0.4) is 0 Å². The predicted octanol–water partition coefficient (Wildman–Crippen LogP) is 1.63. The fraction of sp³-hybridized carbons (Fsp3) is 0.167.